The normalized spacial score (nSPS) is 12.4. The summed E-state index contributed by atoms with van der Waals surface area (Å²) in [6, 6.07) is 7.08. The Morgan fingerprint density at radius 1 is 1.14 bits per heavy atom. The van der Waals surface area contributed by atoms with Crippen LogP contribution in [-0.2, 0) is 34.9 Å². The average Bonchev–Trinajstić information content (AvgIpc) is 3.04. The Bertz CT molecular complexity index is 897. The van der Waals surface area contributed by atoms with Gasteiger partial charge in [0, 0.05) is 25.2 Å². The van der Waals surface area contributed by atoms with Crippen molar-refractivity contribution in [1.29, 1.82) is 0 Å². The van der Waals surface area contributed by atoms with Crippen LogP contribution in [0.3, 0.4) is 0 Å². The van der Waals surface area contributed by atoms with E-state index in [9.17, 15) is 21.6 Å². The molecule has 0 amide bonds. The zero-order valence-electron chi connectivity index (χ0n) is 15.1. The number of hydrogen-bond acceptors (Lipinski definition) is 5. The number of nitrogens with one attached hydrogen (secondary N) is 2. The molecule has 2 rings (SSSR count). The van der Waals surface area contributed by atoms with Crippen molar-refractivity contribution in [2.24, 2.45) is 4.99 Å². The van der Waals surface area contributed by atoms with Gasteiger partial charge in [-0.05, 0) is 11.1 Å². The molecular weight excluding hydrogens is 528 g/mol. The summed E-state index contributed by atoms with van der Waals surface area (Å²) >= 11 is 0.924. The molecule has 0 aliphatic heterocycles. The van der Waals surface area contributed by atoms with E-state index in [0.29, 0.717) is 23.1 Å². The van der Waals surface area contributed by atoms with Crippen molar-refractivity contribution < 1.29 is 21.6 Å². The van der Waals surface area contributed by atoms with E-state index in [1.165, 1.54) is 6.26 Å². The number of aromatic nitrogens is 1. The quantitative estimate of drug-likeness (QED) is 0.329. The molecule has 0 aliphatic carbocycles. The van der Waals surface area contributed by atoms with Crippen molar-refractivity contribution in [2.75, 3.05) is 13.3 Å². The lowest BCUT2D eigenvalue weighted by Crippen LogP contribution is -2.36. The maximum absolute atomic E-state index is 12.5. The van der Waals surface area contributed by atoms with E-state index in [0.717, 1.165) is 22.3 Å². The van der Waals surface area contributed by atoms with Crippen molar-refractivity contribution in [3.63, 3.8) is 0 Å². The highest BCUT2D eigenvalue weighted by molar-refractivity contribution is 14.0. The second-order valence-corrected chi connectivity index (χ2v) is 8.87. The van der Waals surface area contributed by atoms with Crippen LogP contribution in [-0.4, -0.2) is 32.7 Å². The van der Waals surface area contributed by atoms with Crippen LogP contribution in [0, 0.1) is 0 Å². The predicted molar refractivity (Wildman–Crippen MR) is 115 cm³/mol. The molecule has 0 aliphatic rings. The van der Waals surface area contributed by atoms with Crippen molar-refractivity contribution in [3.8, 4) is 0 Å². The fourth-order valence-electron chi connectivity index (χ4n) is 2.14. The Morgan fingerprint density at radius 2 is 1.71 bits per heavy atom. The van der Waals surface area contributed by atoms with E-state index in [1.54, 1.807) is 31.3 Å². The molecule has 0 fully saturated rings. The van der Waals surface area contributed by atoms with Crippen LogP contribution in [0.5, 0.6) is 0 Å². The van der Waals surface area contributed by atoms with Gasteiger partial charge in [0.05, 0.1) is 12.3 Å². The van der Waals surface area contributed by atoms with E-state index < -0.39 is 21.7 Å². The van der Waals surface area contributed by atoms with Crippen LogP contribution >= 0.6 is 35.3 Å². The summed E-state index contributed by atoms with van der Waals surface area (Å²) in [5.74, 6) is 0.400. The number of hydrogen-bond donors (Lipinski definition) is 2. The molecular formula is C16H20F3IN4O2S2. The fourth-order valence-corrected chi connectivity index (χ4v) is 3.68. The van der Waals surface area contributed by atoms with Crippen LogP contribution in [0.15, 0.2) is 34.6 Å². The smallest absolute Gasteiger partial charge is 0.352 e. The molecule has 1 aromatic carbocycles. The summed E-state index contributed by atoms with van der Waals surface area (Å²) < 4.78 is 60.2. The summed E-state index contributed by atoms with van der Waals surface area (Å²) in [5, 5.41) is 7.22. The molecule has 28 heavy (non-hydrogen) atoms. The largest absolute Gasteiger partial charge is 0.434 e. The number of nitrogens with zero attached hydrogens (tertiary/aromatic N) is 2. The minimum atomic E-state index is -4.45. The lowest BCUT2D eigenvalue weighted by molar-refractivity contribution is -0.140. The number of thiazole rings is 1. The number of aliphatic imine (C=N–C) groups is 1. The molecule has 12 heteroatoms. The van der Waals surface area contributed by atoms with E-state index in [-0.39, 0.29) is 36.3 Å². The third-order valence-electron chi connectivity index (χ3n) is 3.38. The van der Waals surface area contributed by atoms with Gasteiger partial charge in [0.15, 0.2) is 21.5 Å². The van der Waals surface area contributed by atoms with Gasteiger partial charge in [-0.15, -0.1) is 35.3 Å². The number of halogens is 4. The Kier molecular flexibility index (Phi) is 9.14. The number of guanidine groups is 1. The molecule has 0 saturated carbocycles. The van der Waals surface area contributed by atoms with Crippen LogP contribution in [0.4, 0.5) is 13.2 Å². The van der Waals surface area contributed by atoms with E-state index in [4.69, 9.17) is 0 Å². The van der Waals surface area contributed by atoms with E-state index in [2.05, 4.69) is 20.6 Å². The highest BCUT2D eigenvalue weighted by Crippen LogP contribution is 2.29. The highest BCUT2D eigenvalue weighted by Gasteiger charge is 2.33. The number of alkyl halides is 3. The van der Waals surface area contributed by atoms with Crippen molar-refractivity contribution in [2.45, 2.75) is 25.0 Å². The molecule has 1 heterocycles. The Hall–Kier alpha value is -1.41. The van der Waals surface area contributed by atoms with Gasteiger partial charge in [0.2, 0.25) is 0 Å². The van der Waals surface area contributed by atoms with Gasteiger partial charge in [0.1, 0.15) is 5.01 Å². The lowest BCUT2D eigenvalue weighted by Gasteiger charge is -2.11. The highest BCUT2D eigenvalue weighted by atomic mass is 127. The molecule has 1 aromatic heterocycles. The maximum atomic E-state index is 12.5. The number of sulfone groups is 1. The van der Waals surface area contributed by atoms with Gasteiger partial charge >= 0.3 is 6.18 Å². The standard InChI is InChI=1S/C16H19F3N4O2S2.HI/c1-20-15(22-8-14-23-13(9-26-14)16(17,18)19)21-7-11-3-5-12(6-4-11)10-27(2,24)25;/h3-6,9H,7-8,10H2,1-2H3,(H2,20,21,22);1H. The van der Waals surface area contributed by atoms with E-state index in [1.807, 2.05) is 0 Å². The molecule has 156 valence electrons. The molecule has 2 aromatic rings. The van der Waals surface area contributed by atoms with Crippen LogP contribution in [0.1, 0.15) is 21.8 Å². The first-order valence-corrected chi connectivity index (χ1v) is 10.7. The number of rotatable bonds is 6. The second kappa shape index (κ2) is 10.4. The van der Waals surface area contributed by atoms with Gasteiger partial charge in [-0.1, -0.05) is 24.3 Å². The van der Waals surface area contributed by atoms with Crippen LogP contribution in [0.25, 0.3) is 0 Å². The first kappa shape index (κ1) is 24.6. The third-order valence-corrected chi connectivity index (χ3v) is 5.09. The zero-order chi connectivity index (χ0) is 20.1. The summed E-state index contributed by atoms with van der Waals surface area (Å²) in [7, 11) is -1.53. The molecule has 0 spiro atoms. The van der Waals surface area contributed by atoms with Crippen molar-refractivity contribution in [1.82, 2.24) is 15.6 Å². The van der Waals surface area contributed by atoms with Gasteiger partial charge in [-0.3, -0.25) is 4.99 Å². The SMILES string of the molecule is CN=C(NCc1ccc(CS(C)(=O)=O)cc1)NCc1nc(C(F)(F)F)cs1.I. The Balaban J connectivity index is 0.00000392. The summed E-state index contributed by atoms with van der Waals surface area (Å²) in [6.45, 7) is 0.540. The van der Waals surface area contributed by atoms with Gasteiger partial charge in [0.25, 0.3) is 0 Å². The maximum Gasteiger partial charge on any atom is 0.434 e. The van der Waals surface area contributed by atoms with Crippen LogP contribution in [0.2, 0.25) is 0 Å². The fraction of sp³-hybridized carbons (Fsp3) is 0.375. The summed E-state index contributed by atoms with van der Waals surface area (Å²) in [5.41, 5.74) is 0.707. The average molecular weight is 548 g/mol. The monoisotopic (exact) mass is 548 g/mol. The predicted octanol–water partition coefficient (Wildman–Crippen LogP) is 3.19. The Morgan fingerprint density at radius 3 is 2.21 bits per heavy atom. The first-order chi connectivity index (χ1) is 12.6. The molecule has 0 saturated heterocycles. The summed E-state index contributed by atoms with van der Waals surface area (Å²) in [6.07, 6.45) is -3.27. The lowest BCUT2D eigenvalue weighted by atomic mass is 10.1. The third kappa shape index (κ3) is 8.31. The zero-order valence-corrected chi connectivity index (χ0v) is 19.0. The number of benzene rings is 1. The molecule has 0 bridgehead atoms. The molecule has 0 radical (unpaired) electrons. The molecule has 2 N–H and O–H groups in total. The van der Waals surface area contributed by atoms with Crippen molar-refractivity contribution >= 4 is 51.1 Å². The molecule has 0 atom stereocenters. The first-order valence-electron chi connectivity index (χ1n) is 7.78. The second-order valence-electron chi connectivity index (χ2n) is 5.79. The van der Waals surface area contributed by atoms with E-state index >= 15 is 0 Å². The van der Waals surface area contributed by atoms with Gasteiger partial charge in [-0.2, -0.15) is 13.2 Å². The van der Waals surface area contributed by atoms with Crippen LogP contribution < -0.4 is 10.6 Å². The Labute approximate surface area is 182 Å². The van der Waals surface area contributed by atoms with Gasteiger partial charge in [-0.25, -0.2) is 13.4 Å². The molecule has 0 unspecified atom stereocenters. The van der Waals surface area contributed by atoms with Crippen molar-refractivity contribution in [3.05, 3.63) is 51.5 Å². The minimum absolute atomic E-state index is 0. The minimum Gasteiger partial charge on any atom is -0.352 e. The van der Waals surface area contributed by atoms with Gasteiger partial charge < -0.3 is 10.6 Å². The summed E-state index contributed by atoms with van der Waals surface area (Å²) in [4.78, 5) is 7.55. The molecule has 6 nitrogen and oxygen atoms in total. The topological polar surface area (TPSA) is 83.5 Å².